The van der Waals surface area contributed by atoms with Crippen molar-refractivity contribution in [3.63, 3.8) is 0 Å². The van der Waals surface area contributed by atoms with Crippen LogP contribution in [0, 0.1) is 40.7 Å². The molecule has 0 bridgehead atoms. The van der Waals surface area contributed by atoms with E-state index in [0.29, 0.717) is 36.5 Å². The molecule has 0 N–H and O–H groups in total. The van der Waals surface area contributed by atoms with Crippen molar-refractivity contribution in [2.45, 2.75) is 89.6 Å². The van der Waals surface area contributed by atoms with Crippen molar-refractivity contribution in [3.8, 4) is 6.07 Å². The Morgan fingerprint density at radius 3 is 2.18 bits per heavy atom. The average molecular weight is 474 g/mol. The fourth-order valence-electron chi connectivity index (χ4n) is 5.60. The number of rotatable bonds is 13. The lowest BCUT2D eigenvalue weighted by molar-refractivity contribution is -0.0105. The average Bonchev–Trinajstić information content (AvgIpc) is 2.85. The number of ether oxygens (including phenoxy) is 2. The Hall–Kier alpha value is -1.77. The van der Waals surface area contributed by atoms with E-state index in [1.54, 1.807) is 12.1 Å². The molecule has 0 amide bonds. The molecular formula is C29H41F2NO2. The summed E-state index contributed by atoms with van der Waals surface area (Å²) in [4.78, 5) is 0. The molecule has 0 spiro atoms. The fourth-order valence-corrected chi connectivity index (χ4v) is 5.60. The summed E-state index contributed by atoms with van der Waals surface area (Å²) in [5.74, 6) is 0.611. The molecule has 0 aliphatic heterocycles. The molecule has 34 heavy (non-hydrogen) atoms. The highest BCUT2D eigenvalue weighted by molar-refractivity contribution is 5.35. The summed E-state index contributed by atoms with van der Waals surface area (Å²) in [6, 6.07) is 4.21. The topological polar surface area (TPSA) is 42.2 Å². The standard InChI is InChI=1S/C29H41F2NO2/c1-2-16-33-17-4-3-5-22-12-14-26(15-13-22)34-21-24-9-6-23(7-10-24)8-11-25-18-28(30)27(20-32)29(31)19-25/h2,18-19,22-24,26H,1,3-17,21H2. The van der Waals surface area contributed by atoms with Crippen LogP contribution in [0.1, 0.15) is 88.2 Å². The third kappa shape index (κ3) is 8.78. The summed E-state index contributed by atoms with van der Waals surface area (Å²) < 4.78 is 39.4. The van der Waals surface area contributed by atoms with Gasteiger partial charge >= 0.3 is 0 Å². The van der Waals surface area contributed by atoms with E-state index in [1.807, 2.05) is 0 Å². The first-order valence-corrected chi connectivity index (χ1v) is 13.3. The lowest BCUT2D eigenvalue weighted by atomic mass is 9.79. The predicted molar refractivity (Wildman–Crippen MR) is 131 cm³/mol. The molecule has 1 aromatic rings. The molecule has 0 atom stereocenters. The Bertz CT molecular complexity index is 767. The minimum absolute atomic E-state index is 0.436. The lowest BCUT2D eigenvalue weighted by Crippen LogP contribution is -2.26. The third-order valence-corrected chi connectivity index (χ3v) is 7.77. The minimum atomic E-state index is -0.749. The van der Waals surface area contributed by atoms with Gasteiger partial charge in [0.05, 0.1) is 12.7 Å². The number of unbranched alkanes of at least 4 members (excludes halogenated alkanes) is 1. The second-order valence-corrected chi connectivity index (χ2v) is 10.3. The van der Waals surface area contributed by atoms with Crippen molar-refractivity contribution < 1.29 is 18.3 Å². The SMILES string of the molecule is C=CCOCCCCC1CCC(OCC2CCC(CCc3cc(F)c(C#N)c(F)c3)CC2)CC1. The van der Waals surface area contributed by atoms with Crippen LogP contribution in [0.4, 0.5) is 8.78 Å². The van der Waals surface area contributed by atoms with Gasteiger partial charge in [-0.3, -0.25) is 0 Å². The van der Waals surface area contributed by atoms with Gasteiger partial charge < -0.3 is 9.47 Å². The van der Waals surface area contributed by atoms with Crippen LogP contribution in [0.2, 0.25) is 0 Å². The van der Waals surface area contributed by atoms with Gasteiger partial charge in [0.2, 0.25) is 0 Å². The molecule has 0 radical (unpaired) electrons. The van der Waals surface area contributed by atoms with Crippen LogP contribution in [0.3, 0.4) is 0 Å². The molecule has 2 fully saturated rings. The largest absolute Gasteiger partial charge is 0.378 e. The number of halogens is 2. The van der Waals surface area contributed by atoms with Gasteiger partial charge in [0.25, 0.3) is 0 Å². The second kappa shape index (κ2) is 14.6. The second-order valence-electron chi connectivity index (χ2n) is 10.3. The van der Waals surface area contributed by atoms with Gasteiger partial charge in [-0.2, -0.15) is 5.26 Å². The minimum Gasteiger partial charge on any atom is -0.378 e. The third-order valence-electron chi connectivity index (χ3n) is 7.77. The summed E-state index contributed by atoms with van der Waals surface area (Å²) in [6.07, 6.45) is 17.3. The summed E-state index contributed by atoms with van der Waals surface area (Å²) in [7, 11) is 0. The van der Waals surface area contributed by atoms with Crippen LogP contribution >= 0.6 is 0 Å². The van der Waals surface area contributed by atoms with Crippen LogP contribution in [0.25, 0.3) is 0 Å². The van der Waals surface area contributed by atoms with E-state index < -0.39 is 17.2 Å². The molecule has 3 nitrogen and oxygen atoms in total. The van der Waals surface area contributed by atoms with Gasteiger partial charge in [0, 0.05) is 13.2 Å². The molecule has 3 rings (SSSR count). The van der Waals surface area contributed by atoms with Gasteiger partial charge in [0.1, 0.15) is 23.3 Å². The van der Waals surface area contributed by atoms with E-state index in [9.17, 15) is 8.78 Å². The highest BCUT2D eigenvalue weighted by Crippen LogP contribution is 2.34. The molecule has 0 unspecified atom stereocenters. The molecule has 1 aromatic carbocycles. The number of nitriles is 1. The van der Waals surface area contributed by atoms with Crippen molar-refractivity contribution in [2.24, 2.45) is 17.8 Å². The Labute approximate surface area is 204 Å². The van der Waals surface area contributed by atoms with Crippen molar-refractivity contribution in [1.29, 1.82) is 5.26 Å². The number of benzene rings is 1. The van der Waals surface area contributed by atoms with Gasteiger partial charge in [-0.25, -0.2) is 8.78 Å². The van der Waals surface area contributed by atoms with E-state index >= 15 is 0 Å². The van der Waals surface area contributed by atoms with Gasteiger partial charge in [-0.15, -0.1) is 6.58 Å². The van der Waals surface area contributed by atoms with Crippen LogP contribution in [0.5, 0.6) is 0 Å². The Kier molecular flexibility index (Phi) is 11.5. The van der Waals surface area contributed by atoms with Crippen molar-refractivity contribution >= 4 is 0 Å². The van der Waals surface area contributed by atoms with Crippen molar-refractivity contribution in [1.82, 2.24) is 0 Å². The predicted octanol–water partition coefficient (Wildman–Crippen LogP) is 7.52. The summed E-state index contributed by atoms with van der Waals surface area (Å²) in [6.45, 7) is 6.06. The molecule has 0 saturated heterocycles. The zero-order valence-electron chi connectivity index (χ0n) is 20.6. The number of hydrogen-bond donors (Lipinski definition) is 0. The summed E-state index contributed by atoms with van der Waals surface area (Å²) in [5.41, 5.74) is 0.166. The fraction of sp³-hybridized carbons (Fsp3) is 0.690. The van der Waals surface area contributed by atoms with Crippen LogP contribution < -0.4 is 0 Å². The van der Waals surface area contributed by atoms with Crippen molar-refractivity contribution in [3.05, 3.63) is 47.5 Å². The van der Waals surface area contributed by atoms with Crippen molar-refractivity contribution in [2.75, 3.05) is 19.8 Å². The summed E-state index contributed by atoms with van der Waals surface area (Å²) >= 11 is 0. The summed E-state index contributed by atoms with van der Waals surface area (Å²) in [5, 5.41) is 8.80. The maximum absolute atomic E-state index is 13.8. The van der Waals surface area contributed by atoms with Crippen LogP contribution in [0.15, 0.2) is 24.8 Å². The first-order valence-electron chi connectivity index (χ1n) is 13.3. The maximum Gasteiger partial charge on any atom is 0.144 e. The Morgan fingerprint density at radius 2 is 1.53 bits per heavy atom. The van der Waals surface area contributed by atoms with E-state index in [-0.39, 0.29) is 0 Å². The van der Waals surface area contributed by atoms with Gasteiger partial charge in [0.15, 0.2) is 0 Å². The molecule has 2 aliphatic carbocycles. The van der Waals surface area contributed by atoms with Gasteiger partial charge in [-0.05, 0) is 93.2 Å². The first-order chi connectivity index (χ1) is 16.6. The van der Waals surface area contributed by atoms with E-state index in [0.717, 1.165) is 32.0 Å². The molecule has 2 saturated carbocycles. The number of nitrogens with zero attached hydrogens (tertiary/aromatic N) is 1. The normalized spacial score (nSPS) is 25.1. The first kappa shape index (κ1) is 26.8. The highest BCUT2D eigenvalue weighted by Gasteiger charge is 2.25. The number of hydrogen-bond acceptors (Lipinski definition) is 3. The molecule has 0 heterocycles. The molecular weight excluding hydrogens is 432 g/mol. The van der Waals surface area contributed by atoms with Gasteiger partial charge in [-0.1, -0.05) is 31.8 Å². The maximum atomic E-state index is 13.8. The monoisotopic (exact) mass is 473 g/mol. The zero-order valence-corrected chi connectivity index (χ0v) is 20.6. The zero-order chi connectivity index (χ0) is 24.2. The number of aryl methyl sites for hydroxylation is 1. The lowest BCUT2D eigenvalue weighted by Gasteiger charge is -2.32. The molecule has 5 heteroatoms. The van der Waals surface area contributed by atoms with E-state index in [1.165, 1.54) is 76.3 Å². The highest BCUT2D eigenvalue weighted by atomic mass is 19.1. The van der Waals surface area contributed by atoms with E-state index in [2.05, 4.69) is 6.58 Å². The van der Waals surface area contributed by atoms with E-state index in [4.69, 9.17) is 14.7 Å². The quantitative estimate of drug-likeness (QED) is 0.220. The van der Waals surface area contributed by atoms with Crippen LogP contribution in [-0.4, -0.2) is 25.9 Å². The molecule has 0 aromatic heterocycles. The Balaban J connectivity index is 1.24. The van der Waals surface area contributed by atoms with Crippen LogP contribution in [-0.2, 0) is 15.9 Å². The smallest absolute Gasteiger partial charge is 0.144 e. The molecule has 2 aliphatic rings. The Morgan fingerprint density at radius 1 is 0.912 bits per heavy atom. The molecule has 188 valence electrons.